The maximum Gasteiger partial charge on any atom is 0.332 e. The molecule has 0 aromatic carbocycles. The van der Waals surface area contributed by atoms with Gasteiger partial charge in [0, 0.05) is 0 Å². The third kappa shape index (κ3) is 7.38. The second-order valence-electron chi connectivity index (χ2n) is 4.19. The van der Waals surface area contributed by atoms with Crippen LogP contribution in [0.1, 0.15) is 19.8 Å². The molecule has 10 heteroatoms. The van der Waals surface area contributed by atoms with Gasteiger partial charge in [-0.25, -0.2) is 4.79 Å². The molecular formula is C12H18O9S. The van der Waals surface area contributed by atoms with Gasteiger partial charge in [-0.2, -0.15) is 11.8 Å². The number of carboxylic acids is 3. The Morgan fingerprint density at radius 1 is 1.09 bits per heavy atom. The number of ether oxygens (including phenoxy) is 1. The van der Waals surface area contributed by atoms with E-state index < -0.39 is 48.4 Å². The Morgan fingerprint density at radius 3 is 2.09 bits per heavy atom. The Hall–Kier alpha value is -1.65. The molecule has 0 aromatic rings. The van der Waals surface area contributed by atoms with Crippen LogP contribution in [0.4, 0.5) is 0 Å². The summed E-state index contributed by atoms with van der Waals surface area (Å²) >= 11 is 1.43. The van der Waals surface area contributed by atoms with Crippen LogP contribution >= 0.6 is 11.8 Å². The van der Waals surface area contributed by atoms with E-state index in [0.717, 1.165) is 5.75 Å². The SMILES string of the molecule is CCSCCC(OC(O)C(=O)C(CC(=O)O)C(=O)O)C(=O)O. The number of Topliss-reactive ketones (excluding diaryl/α,β-unsaturated/α-hetero) is 1. The van der Waals surface area contributed by atoms with Crippen molar-refractivity contribution < 1.29 is 44.3 Å². The number of aliphatic carboxylic acids is 3. The first-order valence-electron chi connectivity index (χ1n) is 6.33. The fraction of sp³-hybridized carbons (Fsp3) is 0.667. The molecule has 0 aromatic heterocycles. The molecule has 0 aliphatic heterocycles. The van der Waals surface area contributed by atoms with Gasteiger partial charge < -0.3 is 25.2 Å². The highest BCUT2D eigenvalue weighted by Crippen LogP contribution is 2.14. The van der Waals surface area contributed by atoms with Crippen LogP contribution in [-0.4, -0.2) is 68.0 Å². The van der Waals surface area contributed by atoms with E-state index in [-0.39, 0.29) is 6.42 Å². The highest BCUT2D eigenvalue weighted by molar-refractivity contribution is 7.99. The van der Waals surface area contributed by atoms with Crippen molar-refractivity contribution >= 4 is 35.5 Å². The number of ketones is 1. The van der Waals surface area contributed by atoms with Gasteiger partial charge in [-0.1, -0.05) is 6.92 Å². The van der Waals surface area contributed by atoms with Gasteiger partial charge in [0.2, 0.25) is 12.1 Å². The fourth-order valence-corrected chi connectivity index (χ4v) is 2.13. The summed E-state index contributed by atoms with van der Waals surface area (Å²) < 4.78 is 4.67. The maximum atomic E-state index is 11.7. The van der Waals surface area contributed by atoms with Crippen LogP contribution in [-0.2, 0) is 23.9 Å². The van der Waals surface area contributed by atoms with Gasteiger partial charge in [0.1, 0.15) is 5.92 Å². The van der Waals surface area contributed by atoms with Crippen LogP contribution in [0.5, 0.6) is 0 Å². The Balaban J connectivity index is 4.78. The average Bonchev–Trinajstić information content (AvgIpc) is 2.42. The molecule has 0 radical (unpaired) electrons. The first-order valence-corrected chi connectivity index (χ1v) is 7.48. The fourth-order valence-electron chi connectivity index (χ4n) is 1.46. The summed E-state index contributed by atoms with van der Waals surface area (Å²) in [7, 11) is 0. The summed E-state index contributed by atoms with van der Waals surface area (Å²) in [5.74, 6) is -6.94. The van der Waals surface area contributed by atoms with Crippen molar-refractivity contribution in [2.75, 3.05) is 11.5 Å². The molecule has 9 nitrogen and oxygen atoms in total. The summed E-state index contributed by atoms with van der Waals surface area (Å²) in [6.45, 7) is 1.86. The zero-order valence-electron chi connectivity index (χ0n) is 11.8. The molecular weight excluding hydrogens is 320 g/mol. The van der Waals surface area contributed by atoms with E-state index in [2.05, 4.69) is 4.74 Å². The molecule has 0 heterocycles. The van der Waals surface area contributed by atoms with Crippen LogP contribution in [0, 0.1) is 5.92 Å². The number of aliphatic hydroxyl groups is 1. The minimum absolute atomic E-state index is 0.00878. The van der Waals surface area contributed by atoms with Gasteiger partial charge in [0.15, 0.2) is 6.10 Å². The van der Waals surface area contributed by atoms with Gasteiger partial charge in [-0.15, -0.1) is 0 Å². The maximum absolute atomic E-state index is 11.7. The molecule has 0 bridgehead atoms. The molecule has 0 amide bonds. The summed E-state index contributed by atoms with van der Waals surface area (Å²) in [6, 6.07) is 0. The zero-order chi connectivity index (χ0) is 17.3. The third-order valence-corrected chi connectivity index (χ3v) is 3.49. The Labute approximate surface area is 130 Å². The molecule has 0 spiro atoms. The number of rotatable bonds is 12. The van der Waals surface area contributed by atoms with Crippen molar-refractivity contribution in [3.8, 4) is 0 Å². The molecule has 0 saturated carbocycles. The lowest BCUT2D eigenvalue weighted by molar-refractivity contribution is -0.185. The molecule has 3 unspecified atom stereocenters. The molecule has 0 rings (SSSR count). The van der Waals surface area contributed by atoms with Crippen LogP contribution in [0.25, 0.3) is 0 Å². The lowest BCUT2D eigenvalue weighted by atomic mass is 10.00. The quantitative estimate of drug-likeness (QED) is 0.211. The predicted octanol–water partition coefficient (Wildman–Crippen LogP) is -0.338. The second-order valence-corrected chi connectivity index (χ2v) is 5.59. The molecule has 0 saturated heterocycles. The average molecular weight is 338 g/mol. The van der Waals surface area contributed by atoms with Crippen molar-refractivity contribution in [3.05, 3.63) is 0 Å². The normalized spacial score (nSPS) is 14.8. The highest BCUT2D eigenvalue weighted by Gasteiger charge is 2.36. The van der Waals surface area contributed by atoms with E-state index in [1.165, 1.54) is 11.8 Å². The van der Waals surface area contributed by atoms with Crippen molar-refractivity contribution in [1.29, 1.82) is 0 Å². The molecule has 126 valence electrons. The Bertz CT molecular complexity index is 423. The number of hydrogen-bond donors (Lipinski definition) is 4. The van der Waals surface area contributed by atoms with Crippen LogP contribution in [0.2, 0.25) is 0 Å². The number of hydrogen-bond acceptors (Lipinski definition) is 7. The zero-order valence-corrected chi connectivity index (χ0v) is 12.6. The van der Waals surface area contributed by atoms with Crippen LogP contribution < -0.4 is 0 Å². The first kappa shape index (κ1) is 20.3. The monoisotopic (exact) mass is 338 g/mol. The van der Waals surface area contributed by atoms with Gasteiger partial charge in [-0.3, -0.25) is 14.4 Å². The minimum atomic E-state index is -2.31. The van der Waals surface area contributed by atoms with Gasteiger partial charge in [0.25, 0.3) is 0 Å². The van der Waals surface area contributed by atoms with E-state index in [1.54, 1.807) is 0 Å². The predicted molar refractivity (Wildman–Crippen MR) is 74.5 cm³/mol. The number of carboxylic acid groups (broad SMARTS) is 3. The van der Waals surface area contributed by atoms with Crippen molar-refractivity contribution in [3.63, 3.8) is 0 Å². The molecule has 22 heavy (non-hydrogen) atoms. The van der Waals surface area contributed by atoms with Gasteiger partial charge in [-0.05, 0) is 17.9 Å². The lowest BCUT2D eigenvalue weighted by Gasteiger charge is -2.19. The van der Waals surface area contributed by atoms with Crippen molar-refractivity contribution in [2.24, 2.45) is 5.92 Å². The summed E-state index contributed by atoms with van der Waals surface area (Å²) in [6.07, 6.45) is -4.82. The van der Waals surface area contributed by atoms with Gasteiger partial charge in [0.05, 0.1) is 6.42 Å². The van der Waals surface area contributed by atoms with E-state index in [0.29, 0.717) is 5.75 Å². The minimum Gasteiger partial charge on any atom is -0.481 e. The molecule has 0 fully saturated rings. The molecule has 3 atom stereocenters. The van der Waals surface area contributed by atoms with Crippen LogP contribution in [0.15, 0.2) is 0 Å². The van der Waals surface area contributed by atoms with E-state index >= 15 is 0 Å². The summed E-state index contributed by atoms with van der Waals surface area (Å²) in [5.41, 5.74) is 0. The third-order valence-electron chi connectivity index (χ3n) is 2.56. The van der Waals surface area contributed by atoms with Crippen LogP contribution in [0.3, 0.4) is 0 Å². The lowest BCUT2D eigenvalue weighted by Crippen LogP contribution is -2.40. The topological polar surface area (TPSA) is 158 Å². The van der Waals surface area contributed by atoms with Gasteiger partial charge >= 0.3 is 17.9 Å². The largest absolute Gasteiger partial charge is 0.481 e. The molecule has 4 N–H and O–H groups in total. The highest BCUT2D eigenvalue weighted by atomic mass is 32.2. The first-order chi connectivity index (χ1) is 10.2. The van der Waals surface area contributed by atoms with E-state index in [4.69, 9.17) is 15.3 Å². The Morgan fingerprint density at radius 2 is 1.68 bits per heavy atom. The second kappa shape index (κ2) is 10.1. The summed E-state index contributed by atoms with van der Waals surface area (Å²) in [4.78, 5) is 44.0. The van der Waals surface area contributed by atoms with E-state index in [1.807, 2.05) is 6.92 Å². The number of thioether (sulfide) groups is 1. The van der Waals surface area contributed by atoms with E-state index in [9.17, 15) is 24.3 Å². The summed E-state index contributed by atoms with van der Waals surface area (Å²) in [5, 5.41) is 35.8. The molecule has 0 aliphatic carbocycles. The Kier molecular flexibility index (Phi) is 9.38. The molecule has 0 aliphatic rings. The number of aliphatic hydroxyl groups excluding tert-OH is 1. The number of carbonyl (C=O) groups excluding carboxylic acids is 1. The van der Waals surface area contributed by atoms with Crippen molar-refractivity contribution in [2.45, 2.75) is 32.2 Å². The van der Waals surface area contributed by atoms with Crippen molar-refractivity contribution in [1.82, 2.24) is 0 Å². The number of carbonyl (C=O) groups is 4. The smallest absolute Gasteiger partial charge is 0.332 e. The standard InChI is InChI=1S/C12H18O9S/c1-2-22-4-3-7(11(18)19)21-12(20)9(15)6(10(16)17)5-8(13)14/h6-7,12,20H,2-5H2,1H3,(H,13,14)(H,16,17)(H,18,19).